The summed E-state index contributed by atoms with van der Waals surface area (Å²) in [4.78, 5) is 14.3. The maximum absolute atomic E-state index is 12.0. The molecule has 2 rings (SSSR count). The summed E-state index contributed by atoms with van der Waals surface area (Å²) in [6, 6.07) is -0.0764. The molecule has 4 heteroatoms. The first-order chi connectivity index (χ1) is 9.17. The predicted molar refractivity (Wildman–Crippen MR) is 76.6 cm³/mol. The summed E-state index contributed by atoms with van der Waals surface area (Å²) in [5, 5.41) is 6.30. The highest BCUT2D eigenvalue weighted by Gasteiger charge is 2.38. The second-order valence-corrected chi connectivity index (χ2v) is 5.95. The number of carbonyl (C=O) groups is 1. The van der Waals surface area contributed by atoms with E-state index in [-0.39, 0.29) is 11.9 Å². The number of likely N-dealkylation sites (tertiary alicyclic amines) is 1. The van der Waals surface area contributed by atoms with Gasteiger partial charge in [0.05, 0.1) is 12.6 Å². The molecule has 2 aliphatic rings. The van der Waals surface area contributed by atoms with E-state index in [2.05, 4.69) is 21.5 Å². The molecule has 2 N–H and O–H groups in total. The van der Waals surface area contributed by atoms with Crippen LogP contribution in [0.1, 0.15) is 32.6 Å². The smallest absolute Gasteiger partial charge is 0.237 e. The zero-order valence-electron chi connectivity index (χ0n) is 11.9. The monoisotopic (exact) mass is 263 g/mol. The first-order valence-corrected chi connectivity index (χ1v) is 7.33. The van der Waals surface area contributed by atoms with Crippen LogP contribution in [0, 0.1) is 17.8 Å². The van der Waals surface area contributed by atoms with Crippen LogP contribution in [0.3, 0.4) is 0 Å². The van der Waals surface area contributed by atoms with Crippen molar-refractivity contribution in [3.63, 3.8) is 0 Å². The van der Waals surface area contributed by atoms with Gasteiger partial charge < -0.3 is 10.6 Å². The first-order valence-electron chi connectivity index (χ1n) is 7.33. The molecular formula is C15H25N3O. The highest BCUT2D eigenvalue weighted by atomic mass is 16.2. The highest BCUT2D eigenvalue weighted by molar-refractivity contribution is 5.81. The maximum Gasteiger partial charge on any atom is 0.237 e. The normalized spacial score (nSPS) is 29.7. The number of nitrogens with zero attached hydrogens (tertiary/aromatic N) is 1. The molecule has 2 atom stereocenters. The van der Waals surface area contributed by atoms with Gasteiger partial charge in [0.1, 0.15) is 0 Å². The number of terminal acetylenes is 1. The molecule has 0 saturated carbocycles. The zero-order chi connectivity index (χ0) is 13.7. The first kappa shape index (κ1) is 14.4. The van der Waals surface area contributed by atoms with Gasteiger partial charge in [0.2, 0.25) is 5.91 Å². The molecule has 0 aromatic carbocycles. The molecular weight excluding hydrogens is 238 g/mol. The third-order valence-electron chi connectivity index (χ3n) is 4.54. The van der Waals surface area contributed by atoms with Crippen LogP contribution in [0.2, 0.25) is 0 Å². The lowest BCUT2D eigenvalue weighted by molar-refractivity contribution is -0.127. The van der Waals surface area contributed by atoms with Crippen molar-refractivity contribution in [3.05, 3.63) is 0 Å². The van der Waals surface area contributed by atoms with Crippen molar-refractivity contribution in [1.29, 1.82) is 0 Å². The summed E-state index contributed by atoms with van der Waals surface area (Å²) in [5.41, 5.74) is 0.386. The standard InChI is InChI=1S/C15H25N3O/c1-3-8-17-14(19)13(2)18-10-5-7-15(12-18)6-4-9-16-11-15/h1,13,16H,4-12H2,2H3,(H,17,19). The van der Waals surface area contributed by atoms with E-state index in [1.54, 1.807) is 0 Å². The number of nitrogens with one attached hydrogen (secondary N) is 2. The Balaban J connectivity index is 1.93. The number of amides is 1. The molecule has 0 aromatic heterocycles. The Morgan fingerprint density at radius 1 is 1.53 bits per heavy atom. The van der Waals surface area contributed by atoms with Crippen LogP contribution in [-0.2, 0) is 4.79 Å². The van der Waals surface area contributed by atoms with Gasteiger partial charge in [0, 0.05) is 13.1 Å². The molecule has 2 saturated heterocycles. The lowest BCUT2D eigenvalue weighted by atomic mass is 9.74. The van der Waals surface area contributed by atoms with E-state index in [0.717, 1.165) is 26.2 Å². The van der Waals surface area contributed by atoms with Crippen LogP contribution in [0.4, 0.5) is 0 Å². The van der Waals surface area contributed by atoms with Crippen LogP contribution in [0.15, 0.2) is 0 Å². The lowest BCUT2D eigenvalue weighted by Crippen LogP contribution is -2.56. The number of piperidine rings is 2. The van der Waals surface area contributed by atoms with Gasteiger partial charge in [0.25, 0.3) is 0 Å². The summed E-state index contributed by atoms with van der Waals surface area (Å²) in [6.07, 6.45) is 10.2. The molecule has 1 spiro atoms. The quantitative estimate of drug-likeness (QED) is 0.733. The lowest BCUT2D eigenvalue weighted by Gasteiger charge is -2.46. The third kappa shape index (κ3) is 3.49. The Labute approximate surface area is 116 Å². The molecule has 106 valence electrons. The van der Waals surface area contributed by atoms with Gasteiger partial charge in [-0.2, -0.15) is 0 Å². The van der Waals surface area contributed by atoms with E-state index in [9.17, 15) is 4.79 Å². The molecule has 2 unspecified atom stereocenters. The van der Waals surface area contributed by atoms with Crippen LogP contribution < -0.4 is 10.6 Å². The minimum Gasteiger partial charge on any atom is -0.344 e. The Bertz CT molecular complexity index is 349. The highest BCUT2D eigenvalue weighted by Crippen LogP contribution is 2.36. The molecule has 1 amide bonds. The van der Waals surface area contributed by atoms with E-state index in [0.29, 0.717) is 12.0 Å². The van der Waals surface area contributed by atoms with Gasteiger partial charge in [-0.15, -0.1) is 6.42 Å². The third-order valence-corrected chi connectivity index (χ3v) is 4.54. The van der Waals surface area contributed by atoms with Gasteiger partial charge in [-0.05, 0) is 51.1 Å². The predicted octanol–water partition coefficient (Wildman–Crippen LogP) is 0.590. The average molecular weight is 263 g/mol. The molecule has 19 heavy (non-hydrogen) atoms. The van der Waals surface area contributed by atoms with Crippen LogP contribution in [0.25, 0.3) is 0 Å². The fourth-order valence-electron chi connectivity index (χ4n) is 3.41. The molecule has 4 nitrogen and oxygen atoms in total. The Morgan fingerprint density at radius 3 is 3.00 bits per heavy atom. The molecule has 0 bridgehead atoms. The molecule has 0 radical (unpaired) electrons. The zero-order valence-corrected chi connectivity index (χ0v) is 11.9. The van der Waals surface area contributed by atoms with Gasteiger partial charge >= 0.3 is 0 Å². The van der Waals surface area contributed by atoms with E-state index >= 15 is 0 Å². The number of carbonyl (C=O) groups excluding carboxylic acids is 1. The second kappa shape index (κ2) is 6.40. The van der Waals surface area contributed by atoms with E-state index in [1.165, 1.54) is 25.7 Å². The number of hydrogen-bond acceptors (Lipinski definition) is 3. The van der Waals surface area contributed by atoms with Crippen molar-refractivity contribution < 1.29 is 4.79 Å². The van der Waals surface area contributed by atoms with Crippen LogP contribution in [-0.4, -0.2) is 49.6 Å². The molecule has 2 aliphatic heterocycles. The fraction of sp³-hybridized carbons (Fsp3) is 0.800. The van der Waals surface area contributed by atoms with Crippen molar-refractivity contribution >= 4 is 5.91 Å². The van der Waals surface area contributed by atoms with Crippen molar-refractivity contribution in [2.24, 2.45) is 5.41 Å². The van der Waals surface area contributed by atoms with Crippen LogP contribution in [0.5, 0.6) is 0 Å². The number of hydrogen-bond donors (Lipinski definition) is 2. The Kier molecular flexibility index (Phi) is 4.84. The molecule has 0 aromatic rings. The Morgan fingerprint density at radius 2 is 2.32 bits per heavy atom. The number of rotatable bonds is 3. The van der Waals surface area contributed by atoms with E-state index in [1.807, 2.05) is 6.92 Å². The largest absolute Gasteiger partial charge is 0.344 e. The van der Waals surface area contributed by atoms with Crippen molar-refractivity contribution in [2.45, 2.75) is 38.6 Å². The minimum atomic E-state index is -0.0764. The van der Waals surface area contributed by atoms with Crippen molar-refractivity contribution in [1.82, 2.24) is 15.5 Å². The molecule has 2 heterocycles. The van der Waals surface area contributed by atoms with Gasteiger partial charge in [0.15, 0.2) is 0 Å². The van der Waals surface area contributed by atoms with Gasteiger partial charge in [-0.3, -0.25) is 9.69 Å². The van der Waals surface area contributed by atoms with Crippen molar-refractivity contribution in [2.75, 3.05) is 32.7 Å². The van der Waals surface area contributed by atoms with Gasteiger partial charge in [-0.25, -0.2) is 0 Å². The molecule has 2 fully saturated rings. The topological polar surface area (TPSA) is 44.4 Å². The van der Waals surface area contributed by atoms with Gasteiger partial charge in [-0.1, -0.05) is 5.92 Å². The molecule has 0 aliphatic carbocycles. The van der Waals surface area contributed by atoms with E-state index < -0.39 is 0 Å². The Hall–Kier alpha value is -1.05. The second-order valence-electron chi connectivity index (χ2n) is 5.95. The SMILES string of the molecule is C#CCNC(=O)C(C)N1CCCC2(CCCNC2)C1. The van der Waals surface area contributed by atoms with E-state index in [4.69, 9.17) is 6.42 Å². The summed E-state index contributed by atoms with van der Waals surface area (Å²) < 4.78 is 0. The average Bonchev–Trinajstić information content (AvgIpc) is 2.45. The fourth-order valence-corrected chi connectivity index (χ4v) is 3.41. The summed E-state index contributed by atoms with van der Waals surface area (Å²) in [6.45, 7) is 6.60. The summed E-state index contributed by atoms with van der Waals surface area (Å²) in [7, 11) is 0. The summed E-state index contributed by atoms with van der Waals surface area (Å²) in [5.74, 6) is 2.51. The minimum absolute atomic E-state index is 0.0544. The maximum atomic E-state index is 12.0. The van der Waals surface area contributed by atoms with Crippen LogP contribution >= 0.6 is 0 Å². The summed E-state index contributed by atoms with van der Waals surface area (Å²) >= 11 is 0. The van der Waals surface area contributed by atoms with Crippen molar-refractivity contribution in [3.8, 4) is 12.3 Å².